The van der Waals surface area contributed by atoms with Crippen LogP contribution in [0.2, 0.25) is 0 Å². The Morgan fingerprint density at radius 2 is 1.49 bits per heavy atom. The molecule has 3 N–H and O–H groups in total. The minimum atomic E-state index is -2.12. The second-order valence-corrected chi connectivity index (χ2v) is 18.2. The molecule has 360 valence electrons. The second-order valence-electron chi connectivity index (χ2n) is 18.2. The highest BCUT2D eigenvalue weighted by atomic mass is 16.6. The number of cyclic esters (lactones) is 1. The number of aliphatic hydroxyl groups excluding tert-OH is 1. The molecule has 70 heavy (non-hydrogen) atoms. The molecule has 0 unspecified atom stereocenters. The van der Waals surface area contributed by atoms with Crippen molar-refractivity contribution in [2.24, 2.45) is 11.8 Å². The number of rotatable bonds is 10. The molecule has 4 aliphatic heterocycles. The molecule has 4 heterocycles. The van der Waals surface area contributed by atoms with Crippen molar-refractivity contribution in [2.75, 3.05) is 39.4 Å². The SMILES string of the molecule is COC(=O)[C@@H](NC(=O)N1C(=O)[C@@]2(c3cc(C#CCCO)ccc31)[C@H](c1ccc(O)cc1)N1[C@H](c3ccccc3)[C@H](c3ccccc3)OC(=O)[C@H]1[C@@H]2C(=O)N1CCc2cc(OC)c(OC)cc2C1)C(C)C. The van der Waals surface area contributed by atoms with Crippen LogP contribution in [0.25, 0.3) is 0 Å². The zero-order chi connectivity index (χ0) is 49.4. The maximum Gasteiger partial charge on any atom is 0.329 e. The summed E-state index contributed by atoms with van der Waals surface area (Å²) in [7, 11) is 4.28. The van der Waals surface area contributed by atoms with Crippen LogP contribution >= 0.6 is 0 Å². The Morgan fingerprint density at radius 3 is 2.11 bits per heavy atom. The van der Waals surface area contributed by atoms with Crippen LogP contribution in [0, 0.1) is 23.7 Å². The molecule has 0 radical (unpaired) electrons. The first-order chi connectivity index (χ1) is 33.9. The number of anilines is 1. The number of esters is 2. The predicted octanol–water partition coefficient (Wildman–Crippen LogP) is 6.30. The van der Waals surface area contributed by atoms with Gasteiger partial charge in [0.2, 0.25) is 11.8 Å². The van der Waals surface area contributed by atoms with Gasteiger partial charge in [-0.3, -0.25) is 19.3 Å². The highest BCUT2D eigenvalue weighted by Gasteiger charge is 2.76. The third-order valence-electron chi connectivity index (χ3n) is 14.0. The topological polar surface area (TPSA) is 184 Å². The number of hydrogen-bond acceptors (Lipinski definition) is 12. The highest BCUT2D eigenvalue weighted by Crippen LogP contribution is 2.66. The van der Waals surface area contributed by atoms with Crippen LogP contribution in [0.3, 0.4) is 0 Å². The lowest BCUT2D eigenvalue weighted by molar-refractivity contribution is -0.179. The molecule has 5 aromatic rings. The van der Waals surface area contributed by atoms with Gasteiger partial charge >= 0.3 is 18.0 Å². The van der Waals surface area contributed by atoms with E-state index in [-0.39, 0.29) is 43.1 Å². The van der Waals surface area contributed by atoms with E-state index in [1.165, 1.54) is 26.4 Å². The summed E-state index contributed by atoms with van der Waals surface area (Å²) in [6, 6.07) is 27.9. The van der Waals surface area contributed by atoms with Gasteiger partial charge in [0, 0.05) is 25.1 Å². The van der Waals surface area contributed by atoms with Crippen LogP contribution in [-0.2, 0) is 47.0 Å². The average molecular weight is 947 g/mol. The summed E-state index contributed by atoms with van der Waals surface area (Å²) in [5.74, 6) is 2.06. The van der Waals surface area contributed by atoms with Crippen LogP contribution < -0.4 is 19.7 Å². The largest absolute Gasteiger partial charge is 0.508 e. The summed E-state index contributed by atoms with van der Waals surface area (Å²) in [6.45, 7) is 3.53. The number of fused-ring (bicyclic) bond motifs is 4. The van der Waals surface area contributed by atoms with Gasteiger partial charge in [-0.05, 0) is 88.2 Å². The van der Waals surface area contributed by atoms with E-state index in [0.717, 1.165) is 21.6 Å². The number of hydrogen-bond donors (Lipinski definition) is 3. The minimum absolute atomic E-state index is 0.0676. The Morgan fingerprint density at radius 1 is 0.829 bits per heavy atom. The Balaban J connectivity index is 1.35. The van der Waals surface area contributed by atoms with Gasteiger partial charge in [0.1, 0.15) is 29.4 Å². The Kier molecular flexibility index (Phi) is 13.1. The monoisotopic (exact) mass is 946 g/mol. The second kappa shape index (κ2) is 19.4. The number of carbonyl (C=O) groups is 5. The predicted molar refractivity (Wildman–Crippen MR) is 256 cm³/mol. The zero-order valence-corrected chi connectivity index (χ0v) is 39.5. The fourth-order valence-corrected chi connectivity index (χ4v) is 10.9. The van der Waals surface area contributed by atoms with E-state index < -0.39 is 77.3 Å². The number of nitrogens with zero attached hydrogens (tertiary/aromatic N) is 3. The number of methoxy groups -OCH3 is 3. The first-order valence-electron chi connectivity index (χ1n) is 23.2. The molecule has 1 spiro atoms. The van der Waals surface area contributed by atoms with E-state index in [2.05, 4.69) is 17.2 Å². The molecule has 2 saturated heterocycles. The summed E-state index contributed by atoms with van der Waals surface area (Å²) >= 11 is 0. The zero-order valence-electron chi connectivity index (χ0n) is 39.5. The number of phenols is 1. The lowest BCUT2D eigenvalue weighted by atomic mass is 9.64. The van der Waals surface area contributed by atoms with Gasteiger partial charge < -0.3 is 39.4 Å². The van der Waals surface area contributed by atoms with Crippen LogP contribution in [0.1, 0.15) is 77.4 Å². The van der Waals surface area contributed by atoms with Gasteiger partial charge in [-0.25, -0.2) is 14.5 Å². The van der Waals surface area contributed by atoms with Crippen LogP contribution in [0.15, 0.2) is 115 Å². The Hall–Kier alpha value is -7.67. The molecule has 9 rings (SSSR count). The van der Waals surface area contributed by atoms with E-state index in [9.17, 15) is 15.0 Å². The summed E-state index contributed by atoms with van der Waals surface area (Å²) in [5, 5.41) is 23.3. The van der Waals surface area contributed by atoms with Gasteiger partial charge in [0.05, 0.1) is 51.6 Å². The van der Waals surface area contributed by atoms with E-state index in [4.69, 9.17) is 18.9 Å². The van der Waals surface area contributed by atoms with E-state index in [1.807, 2.05) is 77.7 Å². The molecule has 5 aromatic carbocycles. The van der Waals surface area contributed by atoms with E-state index in [1.54, 1.807) is 56.2 Å². The molecular weight excluding hydrogens is 893 g/mol. The normalized spacial score (nSPS) is 22.8. The van der Waals surface area contributed by atoms with Crippen molar-refractivity contribution < 1.29 is 53.1 Å². The summed E-state index contributed by atoms with van der Waals surface area (Å²) in [5.41, 5.74) is 2.17. The smallest absolute Gasteiger partial charge is 0.329 e. The number of benzene rings is 5. The van der Waals surface area contributed by atoms with Crippen molar-refractivity contribution in [3.63, 3.8) is 0 Å². The number of urea groups is 1. The summed E-state index contributed by atoms with van der Waals surface area (Å²) in [6.07, 6.45) is -0.413. The van der Waals surface area contributed by atoms with Gasteiger partial charge in [-0.2, -0.15) is 0 Å². The summed E-state index contributed by atoms with van der Waals surface area (Å²) < 4.78 is 23.0. The molecule has 15 nitrogen and oxygen atoms in total. The number of ether oxygens (including phenoxy) is 4. The first kappa shape index (κ1) is 47.4. The molecule has 4 amide bonds. The Bertz CT molecular complexity index is 2900. The lowest BCUT2D eigenvalue weighted by Gasteiger charge is -2.46. The summed E-state index contributed by atoms with van der Waals surface area (Å²) in [4.78, 5) is 81.4. The van der Waals surface area contributed by atoms with Crippen molar-refractivity contribution in [1.82, 2.24) is 15.1 Å². The molecule has 0 aliphatic carbocycles. The van der Waals surface area contributed by atoms with Crippen molar-refractivity contribution in [3.8, 4) is 29.1 Å². The molecule has 0 aromatic heterocycles. The van der Waals surface area contributed by atoms with Crippen molar-refractivity contribution in [3.05, 3.63) is 154 Å². The molecule has 2 fully saturated rings. The maximum atomic E-state index is 16.7. The molecule has 15 heteroatoms. The third-order valence-corrected chi connectivity index (χ3v) is 14.0. The van der Waals surface area contributed by atoms with E-state index >= 15 is 19.2 Å². The maximum absolute atomic E-state index is 16.7. The highest BCUT2D eigenvalue weighted by molar-refractivity contribution is 6.25. The third kappa shape index (κ3) is 7.96. The van der Waals surface area contributed by atoms with Gasteiger partial charge in [-0.15, -0.1) is 0 Å². The van der Waals surface area contributed by atoms with Crippen LogP contribution in [-0.4, -0.2) is 96.4 Å². The number of phenolic OH excluding ortho intramolecular Hbond substituents is 1. The van der Waals surface area contributed by atoms with E-state index in [0.29, 0.717) is 34.6 Å². The quantitative estimate of drug-likeness (QED) is 0.105. The fourth-order valence-electron chi connectivity index (χ4n) is 10.9. The average Bonchev–Trinajstić information content (AvgIpc) is 3.83. The molecule has 0 saturated carbocycles. The van der Waals surface area contributed by atoms with Crippen molar-refractivity contribution in [1.29, 1.82) is 0 Å². The van der Waals surface area contributed by atoms with Crippen LogP contribution in [0.4, 0.5) is 10.5 Å². The number of aromatic hydroxyl groups is 1. The number of nitrogens with one attached hydrogen (secondary N) is 1. The molecule has 0 bridgehead atoms. The fraction of sp³-hybridized carbons (Fsp3) is 0.327. The van der Waals surface area contributed by atoms with Gasteiger partial charge in [0.25, 0.3) is 0 Å². The Labute approximate surface area is 405 Å². The number of imide groups is 1. The first-order valence-corrected chi connectivity index (χ1v) is 23.2. The minimum Gasteiger partial charge on any atom is -0.508 e. The molecular formula is C55H54N4O11. The van der Waals surface area contributed by atoms with Crippen molar-refractivity contribution in [2.45, 2.75) is 68.9 Å². The van der Waals surface area contributed by atoms with Crippen LogP contribution in [0.5, 0.6) is 17.2 Å². The number of morpholine rings is 1. The molecule has 4 aliphatic rings. The van der Waals surface area contributed by atoms with Crippen molar-refractivity contribution >= 4 is 35.5 Å². The van der Waals surface area contributed by atoms with Gasteiger partial charge in [-0.1, -0.05) is 98.5 Å². The standard InChI is InChI=1S/C55H54N4O11/c1-32(2)45(51(63)69-5)56-54(66)58-41-24-19-33(14-12-13-27-60)28-40(41)55(53(58)65)44(50(62)57-26-25-37-29-42(67-3)43(68-4)30-38(37)31-57)47-52(64)70-48(35-17-10-7-11-18-35)46(34-15-8-6-9-16-34)59(47)49(55)36-20-22-39(61)23-21-36/h6-11,15-24,28-30,32,44-49,60-61H,13,25-27,31H2,1-5H3,(H,56,66)/t44-,45+,46-,47-,48+,49+,55-/m1/s1. The lowest BCUT2D eigenvalue weighted by Crippen LogP contribution is -2.58. The number of carbonyl (C=O) groups excluding carboxylic acids is 5. The van der Waals surface area contributed by atoms with Gasteiger partial charge in [0.15, 0.2) is 11.5 Å². The molecule has 7 atom stereocenters. The number of amides is 4. The number of aliphatic hydroxyl groups is 1.